The van der Waals surface area contributed by atoms with E-state index in [9.17, 15) is 14.0 Å². The lowest BCUT2D eigenvalue weighted by Gasteiger charge is -2.07. The molecule has 0 aliphatic rings. The molecule has 1 aromatic carbocycles. The van der Waals surface area contributed by atoms with E-state index in [1.165, 1.54) is 34.2 Å². The van der Waals surface area contributed by atoms with Crippen molar-refractivity contribution in [3.05, 3.63) is 80.2 Å². The number of halogens is 1. The SMILES string of the molecule is O=c1[nH]c(=O)n(Cc2ccc(F)cc2)cc1-c1cccs1. The van der Waals surface area contributed by atoms with Crippen LogP contribution in [0.3, 0.4) is 0 Å². The van der Waals surface area contributed by atoms with E-state index in [-0.39, 0.29) is 12.4 Å². The van der Waals surface area contributed by atoms with Gasteiger partial charge in [0.2, 0.25) is 0 Å². The minimum atomic E-state index is -0.482. The highest BCUT2D eigenvalue weighted by Crippen LogP contribution is 2.20. The predicted octanol–water partition coefficient (Wildman–Crippen LogP) is 2.45. The van der Waals surface area contributed by atoms with Crippen LogP contribution in [0, 0.1) is 5.82 Å². The molecule has 0 aliphatic carbocycles. The Kier molecular flexibility index (Phi) is 3.53. The van der Waals surface area contributed by atoms with Crippen molar-refractivity contribution in [3.63, 3.8) is 0 Å². The fourth-order valence-corrected chi connectivity index (χ4v) is 2.75. The van der Waals surface area contributed by atoms with Crippen LogP contribution >= 0.6 is 11.3 Å². The summed E-state index contributed by atoms with van der Waals surface area (Å²) in [5.41, 5.74) is 0.344. The van der Waals surface area contributed by atoms with E-state index in [1.807, 2.05) is 17.5 Å². The molecule has 21 heavy (non-hydrogen) atoms. The van der Waals surface area contributed by atoms with Gasteiger partial charge in [0.05, 0.1) is 12.1 Å². The monoisotopic (exact) mass is 302 g/mol. The smallest absolute Gasteiger partial charge is 0.296 e. The summed E-state index contributed by atoms with van der Waals surface area (Å²) < 4.78 is 14.3. The average Bonchev–Trinajstić information content (AvgIpc) is 2.98. The third kappa shape index (κ3) is 2.85. The molecular formula is C15H11FN2O2S. The van der Waals surface area contributed by atoms with Crippen molar-refractivity contribution in [2.24, 2.45) is 0 Å². The number of aromatic amines is 1. The average molecular weight is 302 g/mol. The largest absolute Gasteiger partial charge is 0.328 e. The van der Waals surface area contributed by atoms with E-state index in [1.54, 1.807) is 12.1 Å². The van der Waals surface area contributed by atoms with Gasteiger partial charge in [0.25, 0.3) is 5.56 Å². The summed E-state index contributed by atoms with van der Waals surface area (Å²) in [4.78, 5) is 26.9. The predicted molar refractivity (Wildman–Crippen MR) is 80.1 cm³/mol. The van der Waals surface area contributed by atoms with Crippen molar-refractivity contribution in [2.45, 2.75) is 6.54 Å². The summed E-state index contributed by atoms with van der Waals surface area (Å²) in [6, 6.07) is 9.56. The molecule has 2 heterocycles. The van der Waals surface area contributed by atoms with E-state index in [2.05, 4.69) is 4.98 Å². The van der Waals surface area contributed by atoms with Crippen LogP contribution in [-0.2, 0) is 6.54 Å². The van der Waals surface area contributed by atoms with E-state index < -0.39 is 11.2 Å². The second-order valence-electron chi connectivity index (χ2n) is 4.53. The first kappa shape index (κ1) is 13.5. The van der Waals surface area contributed by atoms with Gasteiger partial charge in [0.1, 0.15) is 5.82 Å². The zero-order valence-corrected chi connectivity index (χ0v) is 11.7. The Bertz CT molecular complexity index is 864. The van der Waals surface area contributed by atoms with Gasteiger partial charge in [-0.1, -0.05) is 18.2 Å². The Morgan fingerprint density at radius 3 is 2.57 bits per heavy atom. The lowest BCUT2D eigenvalue weighted by atomic mass is 10.2. The Morgan fingerprint density at radius 2 is 1.90 bits per heavy atom. The minimum absolute atomic E-state index is 0.272. The van der Waals surface area contributed by atoms with Crippen LogP contribution < -0.4 is 11.2 Å². The first-order chi connectivity index (χ1) is 10.1. The number of aromatic nitrogens is 2. The maximum Gasteiger partial charge on any atom is 0.328 e. The number of nitrogens with zero attached hydrogens (tertiary/aromatic N) is 1. The molecule has 0 radical (unpaired) electrons. The van der Waals surface area contributed by atoms with Crippen molar-refractivity contribution in [3.8, 4) is 10.4 Å². The highest BCUT2D eigenvalue weighted by atomic mass is 32.1. The molecule has 106 valence electrons. The number of benzene rings is 1. The van der Waals surface area contributed by atoms with E-state index in [0.717, 1.165) is 10.4 Å². The molecule has 0 bridgehead atoms. The molecule has 0 saturated carbocycles. The second-order valence-corrected chi connectivity index (χ2v) is 5.48. The van der Waals surface area contributed by atoms with Gasteiger partial charge in [-0.2, -0.15) is 0 Å². The molecule has 6 heteroatoms. The molecule has 4 nitrogen and oxygen atoms in total. The Balaban J connectivity index is 2.03. The van der Waals surface area contributed by atoms with Crippen LogP contribution in [-0.4, -0.2) is 9.55 Å². The van der Waals surface area contributed by atoms with Crippen molar-refractivity contribution in [1.82, 2.24) is 9.55 Å². The van der Waals surface area contributed by atoms with Crippen LogP contribution in [0.1, 0.15) is 5.56 Å². The maximum atomic E-state index is 12.9. The number of nitrogens with one attached hydrogen (secondary N) is 1. The normalized spacial score (nSPS) is 10.7. The highest BCUT2D eigenvalue weighted by Gasteiger charge is 2.08. The third-order valence-corrected chi connectivity index (χ3v) is 3.97. The molecule has 0 amide bonds. The van der Waals surface area contributed by atoms with Gasteiger partial charge in [-0.05, 0) is 29.1 Å². The molecule has 0 aliphatic heterocycles. The lowest BCUT2D eigenvalue weighted by Crippen LogP contribution is -2.30. The molecule has 2 aromatic heterocycles. The fraction of sp³-hybridized carbons (Fsp3) is 0.0667. The summed E-state index contributed by atoms with van der Waals surface area (Å²) in [6.07, 6.45) is 1.54. The fourth-order valence-electron chi connectivity index (χ4n) is 2.02. The van der Waals surface area contributed by atoms with Gasteiger partial charge in [-0.25, -0.2) is 9.18 Å². The third-order valence-electron chi connectivity index (χ3n) is 3.06. The van der Waals surface area contributed by atoms with Gasteiger partial charge in [0, 0.05) is 11.1 Å². The molecule has 1 N–H and O–H groups in total. The van der Waals surface area contributed by atoms with Crippen LogP contribution in [0.5, 0.6) is 0 Å². The second kappa shape index (κ2) is 5.49. The van der Waals surface area contributed by atoms with Crippen LogP contribution in [0.2, 0.25) is 0 Å². The Labute approximate surface area is 123 Å². The van der Waals surface area contributed by atoms with Crippen molar-refractivity contribution in [1.29, 1.82) is 0 Å². The summed E-state index contributed by atoms with van der Waals surface area (Å²) >= 11 is 1.43. The van der Waals surface area contributed by atoms with Gasteiger partial charge in [-0.3, -0.25) is 14.3 Å². The number of thiophene rings is 1. The Morgan fingerprint density at radius 1 is 1.14 bits per heavy atom. The highest BCUT2D eigenvalue weighted by molar-refractivity contribution is 7.13. The summed E-state index contributed by atoms with van der Waals surface area (Å²) in [6.45, 7) is 0.272. The van der Waals surface area contributed by atoms with Crippen molar-refractivity contribution >= 4 is 11.3 Å². The van der Waals surface area contributed by atoms with Crippen LogP contribution in [0.15, 0.2) is 57.6 Å². The van der Waals surface area contributed by atoms with Gasteiger partial charge < -0.3 is 0 Å². The van der Waals surface area contributed by atoms with E-state index in [4.69, 9.17) is 0 Å². The number of H-pyrrole nitrogens is 1. The zero-order valence-electron chi connectivity index (χ0n) is 10.9. The Hall–Kier alpha value is -2.47. The quantitative estimate of drug-likeness (QED) is 0.808. The lowest BCUT2D eigenvalue weighted by molar-refractivity contribution is 0.625. The molecular weight excluding hydrogens is 291 g/mol. The van der Waals surface area contributed by atoms with E-state index in [0.29, 0.717) is 5.56 Å². The topological polar surface area (TPSA) is 54.9 Å². The summed E-state index contributed by atoms with van der Waals surface area (Å²) in [7, 11) is 0. The first-order valence-corrected chi connectivity index (χ1v) is 7.13. The first-order valence-electron chi connectivity index (χ1n) is 6.25. The standard InChI is InChI=1S/C15H11FN2O2S/c16-11-5-3-10(4-6-11)8-18-9-12(13-2-1-7-21-13)14(19)17-15(18)20/h1-7,9H,8H2,(H,17,19,20). The number of hydrogen-bond acceptors (Lipinski definition) is 3. The number of hydrogen-bond donors (Lipinski definition) is 1. The molecule has 3 rings (SSSR count). The molecule has 0 fully saturated rings. The summed E-state index contributed by atoms with van der Waals surface area (Å²) in [5, 5.41) is 1.87. The summed E-state index contributed by atoms with van der Waals surface area (Å²) in [5.74, 6) is -0.327. The molecule has 3 aromatic rings. The zero-order chi connectivity index (χ0) is 14.8. The van der Waals surface area contributed by atoms with Crippen LogP contribution in [0.4, 0.5) is 4.39 Å². The van der Waals surface area contributed by atoms with Crippen molar-refractivity contribution < 1.29 is 4.39 Å². The molecule has 0 atom stereocenters. The number of rotatable bonds is 3. The van der Waals surface area contributed by atoms with Gasteiger partial charge in [-0.15, -0.1) is 11.3 Å². The maximum absolute atomic E-state index is 12.9. The molecule has 0 unspecified atom stereocenters. The van der Waals surface area contributed by atoms with E-state index >= 15 is 0 Å². The molecule has 0 saturated heterocycles. The van der Waals surface area contributed by atoms with Crippen molar-refractivity contribution in [2.75, 3.05) is 0 Å². The van der Waals surface area contributed by atoms with Crippen LogP contribution in [0.25, 0.3) is 10.4 Å². The van der Waals surface area contributed by atoms with Gasteiger partial charge in [0.15, 0.2) is 0 Å². The van der Waals surface area contributed by atoms with Gasteiger partial charge >= 0.3 is 5.69 Å². The molecule has 0 spiro atoms. The minimum Gasteiger partial charge on any atom is -0.296 e.